The van der Waals surface area contributed by atoms with Gasteiger partial charge in [-0.15, -0.1) is 0 Å². The third-order valence-corrected chi connectivity index (χ3v) is 7.10. The van der Waals surface area contributed by atoms with Crippen molar-refractivity contribution >= 4 is 0 Å². The molecule has 1 nitrogen and oxygen atoms in total. The zero-order valence-electron chi connectivity index (χ0n) is 16.5. The van der Waals surface area contributed by atoms with Crippen molar-refractivity contribution < 1.29 is 4.74 Å². The Kier molecular flexibility index (Phi) is 7.25. The standard InChI is InChI=1S/C24H38O/c1-3-19-7-13-22(14-8-19)23-15-9-20(10-16-23)5-6-21-11-17-24(18-12-21)25-4-2/h11-12,17-20,22-23H,3-10,13-16H2,1-2H3/t19-,20-,22-,23-. The lowest BCUT2D eigenvalue weighted by atomic mass is 9.68. The second-order valence-electron chi connectivity index (χ2n) is 8.59. The molecule has 140 valence electrons. The molecular formula is C24H38O. The second kappa shape index (κ2) is 9.64. The first-order valence-corrected chi connectivity index (χ1v) is 11.0. The predicted molar refractivity (Wildman–Crippen MR) is 107 cm³/mol. The van der Waals surface area contributed by atoms with Crippen LogP contribution in [0.5, 0.6) is 5.75 Å². The molecule has 0 aliphatic heterocycles. The van der Waals surface area contributed by atoms with Crippen molar-refractivity contribution in [3.63, 3.8) is 0 Å². The number of rotatable bonds is 7. The lowest BCUT2D eigenvalue weighted by Gasteiger charge is -2.37. The summed E-state index contributed by atoms with van der Waals surface area (Å²) in [6.45, 7) is 5.17. The van der Waals surface area contributed by atoms with Crippen LogP contribution in [0, 0.1) is 23.7 Å². The minimum Gasteiger partial charge on any atom is -0.494 e. The second-order valence-corrected chi connectivity index (χ2v) is 8.59. The van der Waals surface area contributed by atoms with Crippen molar-refractivity contribution in [3.05, 3.63) is 29.8 Å². The summed E-state index contributed by atoms with van der Waals surface area (Å²) in [7, 11) is 0. The third-order valence-electron chi connectivity index (χ3n) is 7.10. The number of hydrogen-bond acceptors (Lipinski definition) is 1. The van der Waals surface area contributed by atoms with Gasteiger partial charge >= 0.3 is 0 Å². The minimum atomic E-state index is 0.753. The maximum atomic E-state index is 5.54. The van der Waals surface area contributed by atoms with E-state index in [2.05, 4.69) is 31.2 Å². The molecule has 0 heterocycles. The molecule has 2 fully saturated rings. The smallest absolute Gasteiger partial charge is 0.119 e. The first-order chi connectivity index (χ1) is 12.3. The van der Waals surface area contributed by atoms with Crippen molar-refractivity contribution in [2.24, 2.45) is 23.7 Å². The Labute approximate surface area is 155 Å². The lowest BCUT2D eigenvalue weighted by Crippen LogP contribution is -2.25. The van der Waals surface area contributed by atoms with Crippen LogP contribution in [-0.2, 0) is 6.42 Å². The molecule has 1 aromatic carbocycles. The van der Waals surface area contributed by atoms with Crippen LogP contribution >= 0.6 is 0 Å². The van der Waals surface area contributed by atoms with E-state index in [0.717, 1.165) is 36.0 Å². The van der Waals surface area contributed by atoms with Gasteiger partial charge in [0.05, 0.1) is 6.61 Å². The monoisotopic (exact) mass is 342 g/mol. The maximum Gasteiger partial charge on any atom is 0.119 e. The van der Waals surface area contributed by atoms with Gasteiger partial charge in [0.15, 0.2) is 0 Å². The largest absolute Gasteiger partial charge is 0.494 e. The van der Waals surface area contributed by atoms with Gasteiger partial charge < -0.3 is 4.74 Å². The van der Waals surface area contributed by atoms with E-state index in [9.17, 15) is 0 Å². The molecular weight excluding hydrogens is 304 g/mol. The molecule has 1 heteroatoms. The van der Waals surface area contributed by atoms with Gasteiger partial charge in [-0.1, -0.05) is 51.2 Å². The van der Waals surface area contributed by atoms with Crippen molar-refractivity contribution in [2.75, 3.05) is 6.61 Å². The van der Waals surface area contributed by atoms with E-state index in [0.29, 0.717) is 0 Å². The van der Waals surface area contributed by atoms with Crippen LogP contribution in [-0.4, -0.2) is 6.61 Å². The van der Waals surface area contributed by atoms with Crippen molar-refractivity contribution in [2.45, 2.75) is 84.5 Å². The topological polar surface area (TPSA) is 9.23 Å². The molecule has 25 heavy (non-hydrogen) atoms. The summed E-state index contributed by atoms with van der Waals surface area (Å²) in [4.78, 5) is 0. The van der Waals surface area contributed by atoms with E-state index in [-0.39, 0.29) is 0 Å². The molecule has 2 aliphatic carbocycles. The molecule has 3 rings (SSSR count). The van der Waals surface area contributed by atoms with Crippen LogP contribution in [0.15, 0.2) is 24.3 Å². The molecule has 0 radical (unpaired) electrons. The summed E-state index contributed by atoms with van der Waals surface area (Å²) in [5.74, 6) is 5.13. The summed E-state index contributed by atoms with van der Waals surface area (Å²) >= 11 is 0. The van der Waals surface area contributed by atoms with Crippen LogP contribution in [0.3, 0.4) is 0 Å². The van der Waals surface area contributed by atoms with E-state index in [4.69, 9.17) is 4.74 Å². The zero-order valence-corrected chi connectivity index (χ0v) is 16.5. The fourth-order valence-electron chi connectivity index (χ4n) is 5.31. The van der Waals surface area contributed by atoms with Gasteiger partial charge in [-0.2, -0.15) is 0 Å². The Morgan fingerprint density at radius 3 is 1.84 bits per heavy atom. The number of benzene rings is 1. The first kappa shape index (κ1) is 18.8. The van der Waals surface area contributed by atoms with Crippen molar-refractivity contribution in [1.29, 1.82) is 0 Å². The summed E-state index contributed by atoms with van der Waals surface area (Å²) in [6, 6.07) is 8.76. The maximum absolute atomic E-state index is 5.54. The van der Waals surface area contributed by atoms with Gasteiger partial charge in [0, 0.05) is 0 Å². The Bertz CT molecular complexity index is 475. The highest BCUT2D eigenvalue weighted by molar-refractivity contribution is 5.27. The lowest BCUT2D eigenvalue weighted by molar-refractivity contribution is 0.142. The molecule has 2 saturated carbocycles. The number of aryl methyl sites for hydroxylation is 1. The van der Waals surface area contributed by atoms with E-state index in [1.165, 1.54) is 76.2 Å². The molecule has 0 spiro atoms. The first-order valence-electron chi connectivity index (χ1n) is 11.0. The highest BCUT2D eigenvalue weighted by Gasteiger charge is 2.30. The predicted octanol–water partition coefficient (Wildman–Crippen LogP) is 7.04. The average Bonchev–Trinajstić information content (AvgIpc) is 2.68. The van der Waals surface area contributed by atoms with Crippen molar-refractivity contribution in [1.82, 2.24) is 0 Å². The SMILES string of the molecule is CCOc1ccc(CC[C@H]2CC[C@H]([C@H]3CC[C@H](CC)CC3)CC2)cc1. The van der Waals surface area contributed by atoms with Gasteiger partial charge in [0.1, 0.15) is 5.75 Å². The highest BCUT2D eigenvalue weighted by Crippen LogP contribution is 2.42. The molecule has 0 atom stereocenters. The quantitative estimate of drug-likeness (QED) is 0.516. The number of ether oxygens (including phenoxy) is 1. The number of hydrogen-bond donors (Lipinski definition) is 0. The molecule has 0 bridgehead atoms. The summed E-state index contributed by atoms with van der Waals surface area (Å²) in [6.07, 6.45) is 16.1. The van der Waals surface area contributed by atoms with Gasteiger partial charge in [-0.25, -0.2) is 0 Å². The van der Waals surface area contributed by atoms with E-state index >= 15 is 0 Å². The minimum absolute atomic E-state index is 0.753. The molecule has 2 aliphatic rings. The van der Waals surface area contributed by atoms with Gasteiger partial charge in [-0.05, 0) is 86.8 Å². The summed E-state index contributed by atoms with van der Waals surface area (Å²) in [5, 5.41) is 0. The van der Waals surface area contributed by atoms with E-state index in [1.807, 2.05) is 6.92 Å². The van der Waals surface area contributed by atoms with Crippen LogP contribution in [0.4, 0.5) is 0 Å². The van der Waals surface area contributed by atoms with Crippen LogP contribution in [0.1, 0.15) is 83.6 Å². The van der Waals surface area contributed by atoms with Crippen LogP contribution in [0.2, 0.25) is 0 Å². The van der Waals surface area contributed by atoms with Gasteiger partial charge in [0.2, 0.25) is 0 Å². The van der Waals surface area contributed by atoms with Crippen LogP contribution in [0.25, 0.3) is 0 Å². The van der Waals surface area contributed by atoms with Crippen LogP contribution < -0.4 is 4.74 Å². The highest BCUT2D eigenvalue weighted by atomic mass is 16.5. The Hall–Kier alpha value is -0.980. The zero-order chi connectivity index (χ0) is 17.5. The molecule has 0 amide bonds. The fraction of sp³-hybridized carbons (Fsp3) is 0.750. The average molecular weight is 343 g/mol. The summed E-state index contributed by atoms with van der Waals surface area (Å²) < 4.78 is 5.54. The normalized spacial score (nSPS) is 30.2. The molecule has 0 aromatic heterocycles. The molecule has 0 saturated heterocycles. The molecule has 0 unspecified atom stereocenters. The van der Waals surface area contributed by atoms with E-state index < -0.39 is 0 Å². The van der Waals surface area contributed by atoms with Crippen molar-refractivity contribution in [3.8, 4) is 5.75 Å². The Balaban J connectivity index is 1.36. The summed E-state index contributed by atoms with van der Waals surface area (Å²) in [5.41, 5.74) is 1.48. The molecule has 0 N–H and O–H groups in total. The Morgan fingerprint density at radius 1 is 0.760 bits per heavy atom. The fourth-order valence-corrected chi connectivity index (χ4v) is 5.31. The van der Waals surface area contributed by atoms with E-state index in [1.54, 1.807) is 0 Å². The third kappa shape index (κ3) is 5.50. The molecule has 1 aromatic rings. The van der Waals surface area contributed by atoms with Gasteiger partial charge in [0.25, 0.3) is 0 Å². The Morgan fingerprint density at radius 2 is 1.32 bits per heavy atom. The van der Waals surface area contributed by atoms with Gasteiger partial charge in [-0.3, -0.25) is 0 Å².